The zero-order valence-corrected chi connectivity index (χ0v) is 20.0. The maximum atomic E-state index is 13.4. The molecule has 1 N–H and O–H groups in total. The van der Waals surface area contributed by atoms with E-state index in [2.05, 4.69) is 5.32 Å². The summed E-state index contributed by atoms with van der Waals surface area (Å²) in [5, 5.41) is 2.77. The van der Waals surface area contributed by atoms with Crippen molar-refractivity contribution in [1.29, 1.82) is 0 Å². The molecule has 0 saturated carbocycles. The third-order valence-electron chi connectivity index (χ3n) is 5.75. The maximum Gasteiger partial charge on any atom is 0.264 e. The van der Waals surface area contributed by atoms with Crippen molar-refractivity contribution < 1.29 is 18.0 Å². The van der Waals surface area contributed by atoms with Crippen molar-refractivity contribution in [2.75, 3.05) is 27.6 Å². The second-order valence-electron chi connectivity index (χ2n) is 8.40. The number of aryl methyl sites for hydroxylation is 2. The monoisotopic (exact) mass is 477 g/mol. The van der Waals surface area contributed by atoms with Crippen molar-refractivity contribution in [3.05, 3.63) is 83.9 Å². The van der Waals surface area contributed by atoms with Crippen molar-refractivity contribution in [2.45, 2.75) is 31.6 Å². The highest BCUT2D eigenvalue weighted by atomic mass is 32.2. The number of benzene rings is 3. The van der Waals surface area contributed by atoms with Crippen LogP contribution in [0.15, 0.2) is 77.7 Å². The Labute approximate surface area is 200 Å². The van der Waals surface area contributed by atoms with Crippen molar-refractivity contribution >= 4 is 38.9 Å². The summed E-state index contributed by atoms with van der Waals surface area (Å²) in [7, 11) is -3.97. The van der Waals surface area contributed by atoms with Crippen LogP contribution in [0.5, 0.6) is 0 Å². The maximum absolute atomic E-state index is 13.4. The lowest BCUT2D eigenvalue weighted by Crippen LogP contribution is -2.38. The Morgan fingerprint density at radius 2 is 1.50 bits per heavy atom. The Hall–Kier alpha value is -3.65. The van der Waals surface area contributed by atoms with E-state index in [1.807, 2.05) is 26.0 Å². The molecule has 1 aliphatic heterocycles. The van der Waals surface area contributed by atoms with E-state index in [0.717, 1.165) is 27.5 Å². The third-order valence-corrected chi connectivity index (χ3v) is 7.54. The van der Waals surface area contributed by atoms with Gasteiger partial charge in [-0.25, -0.2) is 8.42 Å². The van der Waals surface area contributed by atoms with Crippen LogP contribution in [0, 0.1) is 13.8 Å². The molecule has 0 bridgehead atoms. The molecule has 0 radical (unpaired) electrons. The van der Waals surface area contributed by atoms with Gasteiger partial charge in [-0.2, -0.15) is 0 Å². The van der Waals surface area contributed by atoms with Crippen molar-refractivity contribution in [3.63, 3.8) is 0 Å². The Morgan fingerprint density at radius 1 is 0.912 bits per heavy atom. The van der Waals surface area contributed by atoms with Crippen molar-refractivity contribution in [1.82, 2.24) is 0 Å². The molecule has 3 aromatic carbocycles. The number of sulfonamides is 1. The number of carbonyl (C=O) groups is 2. The summed E-state index contributed by atoms with van der Waals surface area (Å²) in [6.07, 6.45) is 1.38. The van der Waals surface area contributed by atoms with Gasteiger partial charge in [-0.15, -0.1) is 0 Å². The third kappa shape index (κ3) is 5.12. The van der Waals surface area contributed by atoms with Gasteiger partial charge in [0.05, 0.1) is 10.6 Å². The second-order valence-corrected chi connectivity index (χ2v) is 10.3. The topological polar surface area (TPSA) is 86.8 Å². The van der Waals surface area contributed by atoms with Crippen LogP contribution in [0.1, 0.15) is 24.0 Å². The number of anilines is 3. The Bertz CT molecular complexity index is 1290. The minimum Gasteiger partial charge on any atom is -0.325 e. The van der Waals surface area contributed by atoms with Gasteiger partial charge in [0.25, 0.3) is 10.0 Å². The first-order valence-electron chi connectivity index (χ1n) is 11.1. The minimum absolute atomic E-state index is 0.0897. The van der Waals surface area contributed by atoms with E-state index in [-0.39, 0.29) is 17.3 Å². The lowest BCUT2D eigenvalue weighted by Gasteiger charge is -2.24. The van der Waals surface area contributed by atoms with Crippen LogP contribution >= 0.6 is 0 Å². The molecule has 2 amide bonds. The standard InChI is InChI=1S/C26H27N3O4S/c1-19-5-11-23(12-6-19)29(34(32,33)24-15-7-20(2)8-16-24)18-25(30)27-21-9-13-22(14-10-21)28-17-3-4-26(28)31/h5-16H,3-4,17-18H2,1-2H3,(H,27,30). The lowest BCUT2D eigenvalue weighted by atomic mass is 10.2. The molecule has 34 heavy (non-hydrogen) atoms. The highest BCUT2D eigenvalue weighted by Crippen LogP contribution is 2.26. The summed E-state index contributed by atoms with van der Waals surface area (Å²) in [4.78, 5) is 26.7. The van der Waals surface area contributed by atoms with Gasteiger partial charge in [-0.1, -0.05) is 35.4 Å². The first kappa shape index (κ1) is 23.5. The fourth-order valence-electron chi connectivity index (χ4n) is 3.84. The van der Waals surface area contributed by atoms with E-state index < -0.39 is 15.9 Å². The van der Waals surface area contributed by atoms with Crippen LogP contribution in [0.3, 0.4) is 0 Å². The Kier molecular flexibility index (Phi) is 6.70. The van der Waals surface area contributed by atoms with Crippen LogP contribution in [-0.2, 0) is 19.6 Å². The molecule has 7 nitrogen and oxygen atoms in total. The van der Waals surface area contributed by atoms with E-state index in [9.17, 15) is 18.0 Å². The van der Waals surface area contributed by atoms with E-state index in [4.69, 9.17) is 0 Å². The quantitative estimate of drug-likeness (QED) is 0.551. The van der Waals surface area contributed by atoms with Crippen LogP contribution in [0.25, 0.3) is 0 Å². The van der Waals surface area contributed by atoms with Gasteiger partial charge < -0.3 is 10.2 Å². The number of rotatable bonds is 7. The van der Waals surface area contributed by atoms with Crippen LogP contribution in [0.4, 0.5) is 17.1 Å². The number of amides is 2. The van der Waals surface area contributed by atoms with Crippen LogP contribution < -0.4 is 14.5 Å². The summed E-state index contributed by atoms with van der Waals surface area (Å²) in [6.45, 7) is 4.10. The summed E-state index contributed by atoms with van der Waals surface area (Å²) in [6, 6.07) is 20.5. The second kappa shape index (κ2) is 9.69. The SMILES string of the molecule is Cc1ccc(N(CC(=O)Nc2ccc(N3CCCC3=O)cc2)S(=O)(=O)c2ccc(C)cc2)cc1. The first-order chi connectivity index (χ1) is 16.2. The number of carbonyl (C=O) groups excluding carboxylic acids is 2. The zero-order chi connectivity index (χ0) is 24.3. The highest BCUT2D eigenvalue weighted by molar-refractivity contribution is 7.92. The molecule has 1 aliphatic rings. The van der Waals surface area contributed by atoms with Crippen molar-refractivity contribution in [2.24, 2.45) is 0 Å². The molecule has 8 heteroatoms. The Balaban J connectivity index is 1.55. The smallest absolute Gasteiger partial charge is 0.264 e. The predicted molar refractivity (Wildman–Crippen MR) is 134 cm³/mol. The van der Waals surface area contributed by atoms with Gasteiger partial charge in [0.2, 0.25) is 11.8 Å². The molecule has 176 valence electrons. The van der Waals surface area contributed by atoms with E-state index in [1.54, 1.807) is 65.6 Å². The fourth-order valence-corrected chi connectivity index (χ4v) is 5.26. The van der Waals surface area contributed by atoms with Crippen LogP contribution in [-0.4, -0.2) is 33.3 Å². The molecule has 0 aliphatic carbocycles. The van der Waals surface area contributed by atoms with E-state index in [0.29, 0.717) is 24.3 Å². The molecule has 1 fully saturated rings. The molecule has 0 spiro atoms. The molecule has 0 atom stereocenters. The van der Waals surface area contributed by atoms with E-state index >= 15 is 0 Å². The fraction of sp³-hybridized carbons (Fsp3) is 0.231. The van der Waals surface area contributed by atoms with Gasteiger partial charge in [0.15, 0.2) is 0 Å². The van der Waals surface area contributed by atoms with Gasteiger partial charge in [0.1, 0.15) is 6.54 Å². The van der Waals surface area contributed by atoms with Crippen molar-refractivity contribution in [3.8, 4) is 0 Å². The average molecular weight is 478 g/mol. The van der Waals surface area contributed by atoms with Gasteiger partial charge in [-0.05, 0) is 68.8 Å². The number of hydrogen-bond acceptors (Lipinski definition) is 4. The number of hydrogen-bond donors (Lipinski definition) is 1. The summed E-state index contributed by atoms with van der Waals surface area (Å²) in [5.41, 5.74) is 3.64. The van der Waals surface area contributed by atoms with Gasteiger partial charge in [-0.3, -0.25) is 13.9 Å². The molecule has 1 saturated heterocycles. The molecule has 1 heterocycles. The number of nitrogens with zero attached hydrogens (tertiary/aromatic N) is 2. The number of nitrogens with one attached hydrogen (secondary N) is 1. The highest BCUT2D eigenvalue weighted by Gasteiger charge is 2.27. The van der Waals surface area contributed by atoms with E-state index in [1.165, 1.54) is 0 Å². The molecule has 0 aromatic heterocycles. The summed E-state index contributed by atoms with van der Waals surface area (Å²) in [5.74, 6) is -0.381. The average Bonchev–Trinajstić information content (AvgIpc) is 3.25. The molecular formula is C26H27N3O4S. The summed E-state index contributed by atoms with van der Waals surface area (Å²) < 4.78 is 28.0. The predicted octanol–water partition coefficient (Wildman–Crippen LogP) is 4.26. The summed E-state index contributed by atoms with van der Waals surface area (Å²) >= 11 is 0. The van der Waals surface area contributed by atoms with Crippen LogP contribution in [0.2, 0.25) is 0 Å². The molecular weight excluding hydrogens is 450 g/mol. The molecule has 4 rings (SSSR count). The lowest BCUT2D eigenvalue weighted by molar-refractivity contribution is -0.117. The van der Waals surface area contributed by atoms with Gasteiger partial charge in [0, 0.05) is 24.3 Å². The molecule has 3 aromatic rings. The van der Waals surface area contributed by atoms with Gasteiger partial charge >= 0.3 is 0 Å². The Morgan fingerprint density at radius 3 is 2.06 bits per heavy atom. The normalized spacial score (nSPS) is 13.7. The largest absolute Gasteiger partial charge is 0.325 e. The minimum atomic E-state index is -3.97. The zero-order valence-electron chi connectivity index (χ0n) is 19.2. The molecule has 0 unspecified atom stereocenters. The first-order valence-corrected chi connectivity index (χ1v) is 12.5.